The Balaban J connectivity index is 1.87. The zero-order valence-electron chi connectivity index (χ0n) is 11.9. The van der Waals surface area contributed by atoms with E-state index in [4.69, 9.17) is 0 Å². The van der Waals surface area contributed by atoms with Crippen LogP contribution in [-0.4, -0.2) is 37.6 Å². The van der Waals surface area contributed by atoms with E-state index < -0.39 is 0 Å². The van der Waals surface area contributed by atoms with Gasteiger partial charge < -0.3 is 10.2 Å². The van der Waals surface area contributed by atoms with Gasteiger partial charge in [-0.2, -0.15) is 0 Å². The van der Waals surface area contributed by atoms with Crippen molar-refractivity contribution >= 4 is 0 Å². The van der Waals surface area contributed by atoms with Gasteiger partial charge in [0, 0.05) is 19.6 Å². The summed E-state index contributed by atoms with van der Waals surface area (Å²) in [6.07, 6.45) is 4.40. The number of nitrogens with one attached hydrogen (secondary N) is 1. The van der Waals surface area contributed by atoms with Gasteiger partial charge >= 0.3 is 0 Å². The van der Waals surface area contributed by atoms with Crippen molar-refractivity contribution in [2.75, 3.05) is 32.7 Å². The molecule has 2 rings (SSSR count). The molecule has 0 aromatic rings. The largest absolute Gasteiger partial charge is 0.316 e. The summed E-state index contributed by atoms with van der Waals surface area (Å²) < 4.78 is 0. The van der Waals surface area contributed by atoms with E-state index in [2.05, 4.69) is 31.0 Å². The zero-order chi connectivity index (χ0) is 12.3. The zero-order valence-corrected chi connectivity index (χ0v) is 11.9. The maximum atomic E-state index is 3.58. The molecule has 2 aliphatic rings. The van der Waals surface area contributed by atoms with E-state index >= 15 is 0 Å². The molecule has 2 heteroatoms. The molecular weight excluding hydrogens is 208 g/mol. The first kappa shape index (κ1) is 13.4. The number of nitrogens with zero attached hydrogens (tertiary/aromatic N) is 1. The van der Waals surface area contributed by atoms with Crippen LogP contribution in [0.1, 0.15) is 40.0 Å². The summed E-state index contributed by atoms with van der Waals surface area (Å²) in [5, 5.41) is 3.58. The van der Waals surface area contributed by atoms with Crippen LogP contribution in [0, 0.1) is 23.7 Å². The van der Waals surface area contributed by atoms with Gasteiger partial charge in [-0.1, -0.05) is 33.6 Å². The van der Waals surface area contributed by atoms with Crippen LogP contribution in [0.15, 0.2) is 0 Å². The molecule has 0 aromatic carbocycles. The highest BCUT2D eigenvalue weighted by molar-refractivity contribution is 4.80. The van der Waals surface area contributed by atoms with Gasteiger partial charge in [0.15, 0.2) is 0 Å². The van der Waals surface area contributed by atoms with Crippen molar-refractivity contribution in [2.45, 2.75) is 40.0 Å². The molecule has 100 valence electrons. The molecule has 4 unspecified atom stereocenters. The third-order valence-electron chi connectivity index (χ3n) is 4.66. The molecule has 1 heterocycles. The molecule has 1 aliphatic heterocycles. The molecule has 1 N–H and O–H groups in total. The van der Waals surface area contributed by atoms with Crippen LogP contribution in [0.25, 0.3) is 0 Å². The lowest BCUT2D eigenvalue weighted by Gasteiger charge is -2.34. The highest BCUT2D eigenvalue weighted by Crippen LogP contribution is 2.32. The molecule has 0 aromatic heterocycles. The van der Waals surface area contributed by atoms with Crippen LogP contribution in [0.5, 0.6) is 0 Å². The lowest BCUT2D eigenvalue weighted by atomic mass is 9.96. The molecule has 4 atom stereocenters. The Labute approximate surface area is 107 Å². The average molecular weight is 238 g/mol. The van der Waals surface area contributed by atoms with E-state index in [9.17, 15) is 0 Å². The summed E-state index contributed by atoms with van der Waals surface area (Å²) in [6.45, 7) is 13.6. The lowest BCUT2D eigenvalue weighted by Crippen LogP contribution is -2.44. The van der Waals surface area contributed by atoms with E-state index in [-0.39, 0.29) is 0 Å². The van der Waals surface area contributed by atoms with Crippen molar-refractivity contribution in [1.29, 1.82) is 0 Å². The van der Waals surface area contributed by atoms with Crippen LogP contribution >= 0.6 is 0 Å². The topological polar surface area (TPSA) is 15.3 Å². The summed E-state index contributed by atoms with van der Waals surface area (Å²) in [7, 11) is 0. The van der Waals surface area contributed by atoms with Crippen LogP contribution < -0.4 is 5.32 Å². The summed E-state index contributed by atoms with van der Waals surface area (Å²) in [6, 6.07) is 0. The molecule has 1 saturated carbocycles. The Kier molecular flexibility index (Phi) is 4.87. The van der Waals surface area contributed by atoms with Gasteiger partial charge in [-0.25, -0.2) is 0 Å². The van der Waals surface area contributed by atoms with Crippen molar-refractivity contribution in [2.24, 2.45) is 23.7 Å². The van der Waals surface area contributed by atoms with Crippen LogP contribution in [0.3, 0.4) is 0 Å². The Morgan fingerprint density at radius 2 is 1.65 bits per heavy atom. The summed E-state index contributed by atoms with van der Waals surface area (Å²) >= 11 is 0. The Hall–Kier alpha value is -0.0800. The quantitative estimate of drug-likeness (QED) is 0.795. The Morgan fingerprint density at radius 1 is 1.00 bits per heavy atom. The molecule has 0 radical (unpaired) electrons. The molecule has 2 fully saturated rings. The standard InChI is InChI=1S/C15H30N2/c1-12-7-16-8-13(2)10-17(9-12)11-15-6-4-5-14(15)3/h12-16H,4-11H2,1-3H3. The van der Waals surface area contributed by atoms with E-state index in [1.807, 2.05) is 0 Å². The minimum atomic E-state index is 0.805. The van der Waals surface area contributed by atoms with Crippen molar-refractivity contribution in [3.8, 4) is 0 Å². The van der Waals surface area contributed by atoms with Crippen LogP contribution in [0.2, 0.25) is 0 Å². The normalized spacial score (nSPS) is 41.1. The third-order valence-corrected chi connectivity index (χ3v) is 4.66. The summed E-state index contributed by atoms with van der Waals surface area (Å²) in [4.78, 5) is 2.75. The fraction of sp³-hybridized carbons (Fsp3) is 1.00. The van der Waals surface area contributed by atoms with Crippen molar-refractivity contribution in [3.63, 3.8) is 0 Å². The van der Waals surface area contributed by atoms with E-state index in [0.29, 0.717) is 0 Å². The SMILES string of the molecule is CC1CNCC(C)CN(CC2CCCC2C)C1. The second kappa shape index (κ2) is 6.19. The highest BCUT2D eigenvalue weighted by Gasteiger charge is 2.27. The molecule has 1 aliphatic carbocycles. The minimum Gasteiger partial charge on any atom is -0.316 e. The molecule has 0 spiro atoms. The van der Waals surface area contributed by atoms with Gasteiger partial charge in [0.25, 0.3) is 0 Å². The Bertz CT molecular complexity index is 217. The number of hydrogen-bond acceptors (Lipinski definition) is 2. The molecular formula is C15H30N2. The highest BCUT2D eigenvalue weighted by atomic mass is 15.1. The summed E-state index contributed by atoms with van der Waals surface area (Å²) in [5.74, 6) is 3.55. The van der Waals surface area contributed by atoms with E-state index in [1.165, 1.54) is 52.0 Å². The van der Waals surface area contributed by atoms with Crippen molar-refractivity contribution < 1.29 is 0 Å². The fourth-order valence-electron chi connectivity index (χ4n) is 3.64. The maximum absolute atomic E-state index is 3.58. The molecule has 17 heavy (non-hydrogen) atoms. The molecule has 1 saturated heterocycles. The van der Waals surface area contributed by atoms with Gasteiger partial charge in [-0.05, 0) is 43.2 Å². The van der Waals surface area contributed by atoms with Gasteiger partial charge in [-0.15, -0.1) is 0 Å². The first-order chi connectivity index (χ1) is 8.15. The van der Waals surface area contributed by atoms with Gasteiger partial charge in [-0.3, -0.25) is 0 Å². The predicted octanol–water partition coefficient (Wildman–Crippen LogP) is 2.60. The first-order valence-electron chi connectivity index (χ1n) is 7.58. The molecule has 2 nitrogen and oxygen atoms in total. The molecule has 0 bridgehead atoms. The molecule has 0 amide bonds. The first-order valence-corrected chi connectivity index (χ1v) is 7.58. The third kappa shape index (κ3) is 3.96. The maximum Gasteiger partial charge on any atom is 0.00194 e. The van der Waals surface area contributed by atoms with Gasteiger partial charge in [0.05, 0.1) is 0 Å². The second-order valence-electron chi connectivity index (χ2n) is 6.76. The van der Waals surface area contributed by atoms with Crippen molar-refractivity contribution in [1.82, 2.24) is 10.2 Å². The fourth-order valence-corrected chi connectivity index (χ4v) is 3.64. The summed E-state index contributed by atoms with van der Waals surface area (Å²) in [5.41, 5.74) is 0. The smallest absolute Gasteiger partial charge is 0.00194 e. The van der Waals surface area contributed by atoms with E-state index in [0.717, 1.165) is 23.7 Å². The minimum absolute atomic E-state index is 0.805. The number of rotatable bonds is 2. The van der Waals surface area contributed by atoms with Crippen LogP contribution in [-0.2, 0) is 0 Å². The van der Waals surface area contributed by atoms with E-state index in [1.54, 1.807) is 0 Å². The van der Waals surface area contributed by atoms with Gasteiger partial charge in [0.2, 0.25) is 0 Å². The monoisotopic (exact) mass is 238 g/mol. The van der Waals surface area contributed by atoms with Crippen molar-refractivity contribution in [3.05, 3.63) is 0 Å². The predicted molar refractivity (Wildman–Crippen MR) is 74.1 cm³/mol. The number of hydrogen-bond donors (Lipinski definition) is 1. The second-order valence-corrected chi connectivity index (χ2v) is 6.76. The van der Waals surface area contributed by atoms with Crippen LogP contribution in [0.4, 0.5) is 0 Å². The average Bonchev–Trinajstić information content (AvgIpc) is 2.62. The lowest BCUT2D eigenvalue weighted by molar-refractivity contribution is 0.151. The van der Waals surface area contributed by atoms with Gasteiger partial charge in [0.1, 0.15) is 0 Å². The Morgan fingerprint density at radius 3 is 2.18 bits per heavy atom.